The Labute approximate surface area is 257 Å². The molecule has 0 bridgehead atoms. The van der Waals surface area contributed by atoms with Crippen molar-refractivity contribution in [3.05, 3.63) is 70.8 Å². The molecule has 6 heteroatoms. The van der Waals surface area contributed by atoms with E-state index in [1.807, 2.05) is 48.5 Å². The van der Waals surface area contributed by atoms with Crippen LogP contribution in [0, 0.1) is 23.7 Å². The van der Waals surface area contributed by atoms with Crippen LogP contribution in [0.4, 0.5) is 0 Å². The van der Waals surface area contributed by atoms with Crippen LogP contribution in [0.3, 0.4) is 0 Å². The van der Waals surface area contributed by atoms with Crippen LogP contribution in [0.1, 0.15) is 96.8 Å². The summed E-state index contributed by atoms with van der Waals surface area (Å²) < 4.78 is 0. The predicted molar refractivity (Wildman–Crippen MR) is 176 cm³/mol. The van der Waals surface area contributed by atoms with Gasteiger partial charge in [0.1, 0.15) is 0 Å². The van der Waals surface area contributed by atoms with Crippen molar-refractivity contribution in [3.8, 4) is 0 Å². The van der Waals surface area contributed by atoms with Crippen molar-refractivity contribution in [2.75, 3.05) is 0 Å². The first kappa shape index (κ1) is 28.5. The second-order valence-corrected chi connectivity index (χ2v) is 14.1. The number of amides is 4. The summed E-state index contributed by atoms with van der Waals surface area (Å²) in [6, 6.07) is 14.8. The van der Waals surface area contributed by atoms with Crippen molar-refractivity contribution in [2.45, 2.75) is 67.5 Å². The Morgan fingerprint density at radius 1 is 0.364 bits per heavy atom. The summed E-state index contributed by atoms with van der Waals surface area (Å²) in [5.41, 5.74) is 2.15. The lowest BCUT2D eigenvalue weighted by Crippen LogP contribution is -2.51. The fourth-order valence-corrected chi connectivity index (χ4v) is 8.58. The normalized spacial score (nSPS) is 15.7. The van der Waals surface area contributed by atoms with Gasteiger partial charge in [0.05, 0.1) is 0 Å². The molecule has 0 unspecified atom stereocenters. The minimum atomic E-state index is -0.254. The molecule has 0 atom stereocenters. The molecule has 0 radical (unpaired) electrons. The van der Waals surface area contributed by atoms with Crippen molar-refractivity contribution in [2.24, 2.45) is 23.7 Å². The monoisotopic (exact) mass is 586 g/mol. The highest BCUT2D eigenvalue weighted by Gasteiger charge is 2.42. The average Bonchev–Trinajstić information content (AvgIpc) is 2.97. The quantitative estimate of drug-likeness (QED) is 0.114. The van der Waals surface area contributed by atoms with Gasteiger partial charge in [-0.3, -0.25) is 29.0 Å². The SMILES string of the molecule is CC(C)C(C(C)C)N1C(=O)c2ccc3c4ccc5c6c(ccc(c7ccc(c2c37)C1=O)c64)C(=O)N(C(C(C)C)C(C)C)C5=O. The van der Waals surface area contributed by atoms with Crippen LogP contribution in [-0.2, 0) is 0 Å². The first-order valence-corrected chi connectivity index (χ1v) is 15.8. The molecule has 0 spiro atoms. The third-order valence-electron chi connectivity index (χ3n) is 10.0. The Morgan fingerprint density at radius 2 is 0.591 bits per heavy atom. The molecule has 0 aliphatic carbocycles. The second kappa shape index (κ2) is 9.59. The highest BCUT2D eigenvalue weighted by atomic mass is 16.2. The van der Waals surface area contributed by atoms with E-state index in [0.29, 0.717) is 33.0 Å². The fraction of sp³-hybridized carbons (Fsp3) is 0.368. The Hall–Kier alpha value is -4.32. The first-order chi connectivity index (χ1) is 20.9. The molecule has 0 aromatic heterocycles. The van der Waals surface area contributed by atoms with Crippen molar-refractivity contribution in [1.82, 2.24) is 9.80 Å². The molecular weight excluding hydrogens is 548 g/mol. The van der Waals surface area contributed by atoms with E-state index in [9.17, 15) is 19.2 Å². The van der Waals surface area contributed by atoms with E-state index in [0.717, 1.165) is 32.3 Å². The number of hydrogen-bond acceptors (Lipinski definition) is 4. The zero-order valence-corrected chi connectivity index (χ0v) is 26.6. The maximum atomic E-state index is 14.0. The Balaban J connectivity index is 1.52. The van der Waals surface area contributed by atoms with Crippen LogP contribution in [0.25, 0.3) is 43.1 Å². The Bertz CT molecular complexity index is 1800. The number of imide groups is 2. The van der Waals surface area contributed by atoms with Crippen LogP contribution in [0.5, 0.6) is 0 Å². The van der Waals surface area contributed by atoms with Gasteiger partial charge in [-0.25, -0.2) is 0 Å². The topological polar surface area (TPSA) is 74.8 Å². The summed E-state index contributed by atoms with van der Waals surface area (Å²) in [6.45, 7) is 16.4. The van der Waals surface area contributed by atoms with Crippen molar-refractivity contribution in [3.63, 3.8) is 0 Å². The van der Waals surface area contributed by atoms with Gasteiger partial charge in [0, 0.05) is 45.1 Å². The van der Waals surface area contributed by atoms with Crippen LogP contribution in [-0.4, -0.2) is 45.5 Å². The minimum Gasteiger partial charge on any atom is -0.271 e. The molecule has 44 heavy (non-hydrogen) atoms. The molecule has 0 fully saturated rings. The lowest BCUT2D eigenvalue weighted by atomic mass is 9.80. The summed E-state index contributed by atoms with van der Waals surface area (Å²) in [7, 11) is 0. The molecule has 4 amide bonds. The van der Waals surface area contributed by atoms with Gasteiger partial charge in [-0.15, -0.1) is 0 Å². The molecule has 7 rings (SSSR count). The van der Waals surface area contributed by atoms with E-state index in [4.69, 9.17) is 0 Å². The van der Waals surface area contributed by atoms with Crippen LogP contribution >= 0.6 is 0 Å². The zero-order valence-electron chi connectivity index (χ0n) is 26.6. The minimum absolute atomic E-state index is 0.113. The van der Waals surface area contributed by atoms with E-state index in [1.165, 1.54) is 9.80 Å². The number of carbonyl (C=O) groups is 4. The van der Waals surface area contributed by atoms with E-state index in [2.05, 4.69) is 55.4 Å². The predicted octanol–water partition coefficient (Wildman–Crippen LogP) is 8.29. The van der Waals surface area contributed by atoms with Gasteiger partial charge in [0.15, 0.2) is 0 Å². The average molecular weight is 587 g/mol. The summed E-state index contributed by atoms with van der Waals surface area (Å²) >= 11 is 0. The van der Waals surface area contributed by atoms with E-state index >= 15 is 0 Å². The number of rotatable bonds is 6. The van der Waals surface area contributed by atoms with Crippen LogP contribution in [0.15, 0.2) is 48.5 Å². The van der Waals surface area contributed by atoms with Gasteiger partial charge in [-0.1, -0.05) is 79.7 Å². The molecule has 2 heterocycles. The standard InChI is InChI=1S/C38H38N2O4/c1-17(2)33(18(3)4)39-35(41)25-13-9-21-23-11-15-27-32-28(38(44)40(37(27)43)34(19(5)6)20(7)8)16-12-24(30(23)32)22-10-14-26(36(39)42)31(25)29(21)22/h9-20,33-34H,1-8H3. The second-order valence-electron chi connectivity index (χ2n) is 14.1. The van der Waals surface area contributed by atoms with Gasteiger partial charge in [-0.2, -0.15) is 0 Å². The van der Waals surface area contributed by atoms with Gasteiger partial charge in [-0.05, 0) is 80.3 Å². The summed E-state index contributed by atoms with van der Waals surface area (Å²) in [6.07, 6.45) is 0. The molecule has 224 valence electrons. The number of nitrogens with zero attached hydrogens (tertiary/aromatic N) is 2. The Kier molecular flexibility index (Phi) is 6.20. The molecule has 6 nitrogen and oxygen atoms in total. The number of benzene rings is 5. The van der Waals surface area contributed by atoms with Crippen molar-refractivity contribution in [1.29, 1.82) is 0 Å². The molecule has 0 saturated heterocycles. The summed E-state index contributed by atoms with van der Waals surface area (Å²) in [5, 5.41) is 6.73. The summed E-state index contributed by atoms with van der Waals surface area (Å²) in [5.74, 6) is -0.566. The first-order valence-electron chi connectivity index (χ1n) is 15.8. The zero-order chi connectivity index (χ0) is 31.5. The van der Waals surface area contributed by atoms with Gasteiger partial charge in [0.25, 0.3) is 23.6 Å². The molecule has 2 aliphatic heterocycles. The number of hydrogen-bond donors (Lipinski definition) is 0. The lowest BCUT2D eigenvalue weighted by molar-refractivity contribution is 0.0423. The number of fused-ring (bicyclic) bond motifs is 2. The van der Waals surface area contributed by atoms with Crippen molar-refractivity contribution < 1.29 is 19.2 Å². The molecule has 5 aromatic carbocycles. The maximum absolute atomic E-state index is 14.0. The molecule has 5 aromatic rings. The Morgan fingerprint density at radius 3 is 0.795 bits per heavy atom. The van der Waals surface area contributed by atoms with Crippen LogP contribution in [0.2, 0.25) is 0 Å². The van der Waals surface area contributed by atoms with Crippen molar-refractivity contribution >= 4 is 66.7 Å². The number of carbonyl (C=O) groups excluding carboxylic acids is 4. The van der Waals surface area contributed by atoms with E-state index in [1.54, 1.807) is 0 Å². The molecule has 0 N–H and O–H groups in total. The smallest absolute Gasteiger partial charge is 0.261 e. The molecular formula is C38H38N2O4. The third-order valence-corrected chi connectivity index (χ3v) is 10.0. The highest BCUT2D eigenvalue weighted by Crippen LogP contribution is 2.47. The van der Waals surface area contributed by atoms with Crippen LogP contribution < -0.4 is 0 Å². The highest BCUT2D eigenvalue weighted by molar-refractivity contribution is 6.41. The maximum Gasteiger partial charge on any atom is 0.261 e. The molecule has 0 saturated carbocycles. The van der Waals surface area contributed by atoms with Gasteiger partial charge >= 0.3 is 0 Å². The summed E-state index contributed by atoms with van der Waals surface area (Å²) in [4.78, 5) is 59.1. The van der Waals surface area contributed by atoms with E-state index < -0.39 is 0 Å². The lowest BCUT2D eigenvalue weighted by Gasteiger charge is -2.39. The largest absolute Gasteiger partial charge is 0.271 e. The van der Waals surface area contributed by atoms with Gasteiger partial charge in [0.2, 0.25) is 0 Å². The van der Waals surface area contributed by atoms with Gasteiger partial charge < -0.3 is 0 Å². The van der Waals surface area contributed by atoms with E-state index in [-0.39, 0.29) is 59.4 Å². The molecule has 2 aliphatic rings. The third kappa shape index (κ3) is 3.54. The fourth-order valence-electron chi connectivity index (χ4n) is 8.58.